The molecule has 0 bridgehead atoms. The minimum absolute atomic E-state index is 0.0681. The van der Waals surface area contributed by atoms with Gasteiger partial charge in [0.1, 0.15) is 5.82 Å². The maximum atomic E-state index is 12.9. The lowest BCUT2D eigenvalue weighted by molar-refractivity contribution is -0.127. The van der Waals surface area contributed by atoms with Crippen LogP contribution in [0.5, 0.6) is 0 Å². The molecule has 3 N–H and O–H groups in total. The summed E-state index contributed by atoms with van der Waals surface area (Å²) in [6, 6.07) is 12.0. The third kappa shape index (κ3) is 5.52. The Bertz CT molecular complexity index is 996. The molecule has 0 saturated heterocycles. The molecule has 0 saturated carbocycles. The second-order valence-corrected chi connectivity index (χ2v) is 8.30. The Balaban J connectivity index is 1.46. The van der Waals surface area contributed by atoms with Crippen molar-refractivity contribution in [1.29, 1.82) is 0 Å². The number of hydrogen-bond acceptors (Lipinski definition) is 5. The van der Waals surface area contributed by atoms with Crippen LogP contribution in [0.25, 0.3) is 0 Å². The molecule has 2 aromatic rings. The summed E-state index contributed by atoms with van der Waals surface area (Å²) in [6.07, 6.45) is 1.89. The van der Waals surface area contributed by atoms with Crippen LogP contribution in [-0.4, -0.2) is 39.9 Å². The van der Waals surface area contributed by atoms with Crippen molar-refractivity contribution < 1.29 is 22.4 Å². The lowest BCUT2D eigenvalue weighted by atomic mass is 10.0. The van der Waals surface area contributed by atoms with Crippen LogP contribution in [0.1, 0.15) is 12.0 Å². The summed E-state index contributed by atoms with van der Waals surface area (Å²) < 4.78 is 39.1. The van der Waals surface area contributed by atoms with Crippen LogP contribution in [0, 0.1) is 5.82 Å². The predicted molar refractivity (Wildman–Crippen MR) is 105 cm³/mol. The van der Waals surface area contributed by atoms with Crippen LogP contribution in [0.3, 0.4) is 0 Å². The highest BCUT2D eigenvalue weighted by atomic mass is 32.2. The molecular weight excluding hydrogens is 399 g/mol. The Morgan fingerprint density at radius 2 is 1.69 bits per heavy atom. The third-order valence-electron chi connectivity index (χ3n) is 4.43. The number of anilines is 1. The summed E-state index contributed by atoms with van der Waals surface area (Å²) in [4.78, 5) is 25.7. The Kier molecular flexibility index (Phi) is 6.45. The van der Waals surface area contributed by atoms with Crippen molar-refractivity contribution >= 4 is 27.5 Å². The van der Waals surface area contributed by atoms with E-state index in [1.165, 1.54) is 5.56 Å². The molecule has 1 heterocycles. The molecule has 10 heteroatoms. The first kappa shape index (κ1) is 20.7. The molecule has 0 aliphatic carbocycles. The van der Waals surface area contributed by atoms with Gasteiger partial charge in [-0.15, -0.1) is 0 Å². The van der Waals surface area contributed by atoms with E-state index in [-0.39, 0.29) is 11.4 Å². The average molecular weight is 420 g/mol. The van der Waals surface area contributed by atoms with Crippen molar-refractivity contribution in [3.8, 4) is 0 Å². The van der Waals surface area contributed by atoms with E-state index < -0.39 is 34.2 Å². The number of nitrogens with zero attached hydrogens (tertiary/aromatic N) is 1. The number of hydrogen-bond donors (Lipinski definition) is 3. The maximum Gasteiger partial charge on any atom is 0.257 e. The van der Waals surface area contributed by atoms with Gasteiger partial charge < -0.3 is 4.90 Å². The summed E-state index contributed by atoms with van der Waals surface area (Å²) in [5.41, 5.74) is 6.62. The van der Waals surface area contributed by atoms with Crippen LogP contribution in [0.15, 0.2) is 53.4 Å². The highest BCUT2D eigenvalue weighted by molar-refractivity contribution is 7.89. The van der Waals surface area contributed by atoms with E-state index in [2.05, 4.69) is 15.6 Å². The summed E-state index contributed by atoms with van der Waals surface area (Å²) in [5.74, 6) is -1.72. The van der Waals surface area contributed by atoms with E-state index >= 15 is 0 Å². The van der Waals surface area contributed by atoms with Gasteiger partial charge in [-0.3, -0.25) is 20.4 Å². The fourth-order valence-electron chi connectivity index (χ4n) is 3.03. The third-order valence-corrected chi connectivity index (χ3v) is 5.85. The number of halogens is 1. The molecule has 8 nitrogen and oxygen atoms in total. The van der Waals surface area contributed by atoms with E-state index in [0.29, 0.717) is 0 Å². The standard InChI is InChI=1S/C19H21FN4O4S/c20-15-7-9-16(10-8-15)29(27,28)21-12-18(25)22-23-19(26)13-24-11-3-5-14-4-1-2-6-17(14)24/h1-2,4,6-10,21H,3,5,11-13H2,(H,22,25)(H,23,26). The zero-order valence-corrected chi connectivity index (χ0v) is 16.3. The number of nitrogens with one attached hydrogen (secondary N) is 3. The monoisotopic (exact) mass is 420 g/mol. The molecule has 0 fully saturated rings. The number of rotatable bonds is 6. The highest BCUT2D eigenvalue weighted by Gasteiger charge is 2.19. The minimum atomic E-state index is -3.97. The van der Waals surface area contributed by atoms with Gasteiger partial charge in [0.15, 0.2) is 0 Å². The largest absolute Gasteiger partial charge is 0.362 e. The van der Waals surface area contributed by atoms with Gasteiger partial charge >= 0.3 is 0 Å². The molecule has 29 heavy (non-hydrogen) atoms. The fraction of sp³-hybridized carbons (Fsp3) is 0.263. The van der Waals surface area contributed by atoms with Crippen molar-refractivity contribution in [3.05, 3.63) is 59.9 Å². The Morgan fingerprint density at radius 3 is 2.45 bits per heavy atom. The lowest BCUT2D eigenvalue weighted by Crippen LogP contribution is -2.49. The molecular formula is C19H21FN4O4S. The molecule has 1 aliphatic rings. The zero-order valence-electron chi connectivity index (χ0n) is 15.5. The first-order valence-corrected chi connectivity index (χ1v) is 10.5. The fourth-order valence-corrected chi connectivity index (χ4v) is 4.01. The summed E-state index contributed by atoms with van der Waals surface area (Å²) >= 11 is 0. The van der Waals surface area contributed by atoms with Gasteiger partial charge in [-0.25, -0.2) is 17.5 Å². The van der Waals surface area contributed by atoms with E-state index in [0.717, 1.165) is 49.3 Å². The Labute approximate surface area is 168 Å². The number of hydrazine groups is 1. The van der Waals surface area contributed by atoms with Gasteiger partial charge in [0, 0.05) is 12.2 Å². The number of para-hydroxylation sites is 1. The molecule has 0 spiro atoms. The Hall–Kier alpha value is -2.98. The molecule has 2 aromatic carbocycles. The van der Waals surface area contributed by atoms with E-state index in [1.54, 1.807) is 0 Å². The first-order chi connectivity index (χ1) is 13.8. The number of carbonyl (C=O) groups is 2. The lowest BCUT2D eigenvalue weighted by Gasteiger charge is -2.30. The highest BCUT2D eigenvalue weighted by Crippen LogP contribution is 2.26. The molecule has 0 aromatic heterocycles. The molecule has 3 rings (SSSR count). The average Bonchev–Trinajstić information content (AvgIpc) is 2.71. The van der Waals surface area contributed by atoms with Crippen molar-refractivity contribution in [3.63, 3.8) is 0 Å². The van der Waals surface area contributed by atoms with Crippen molar-refractivity contribution in [2.45, 2.75) is 17.7 Å². The quantitative estimate of drug-likeness (QED) is 0.597. The molecule has 0 unspecified atom stereocenters. The number of amides is 2. The maximum absolute atomic E-state index is 12.9. The van der Waals surface area contributed by atoms with Crippen LogP contribution < -0.4 is 20.5 Å². The summed E-state index contributed by atoms with van der Waals surface area (Å²) in [5, 5.41) is 0. The molecule has 0 atom stereocenters. The van der Waals surface area contributed by atoms with E-state index in [4.69, 9.17) is 0 Å². The number of carbonyl (C=O) groups excluding carboxylic acids is 2. The zero-order chi connectivity index (χ0) is 20.9. The van der Waals surface area contributed by atoms with Gasteiger partial charge in [0.2, 0.25) is 10.0 Å². The second kappa shape index (κ2) is 9.01. The Morgan fingerprint density at radius 1 is 1.00 bits per heavy atom. The van der Waals surface area contributed by atoms with Crippen LogP contribution in [0.4, 0.5) is 10.1 Å². The van der Waals surface area contributed by atoms with Gasteiger partial charge in [-0.2, -0.15) is 0 Å². The number of benzene rings is 2. The normalized spacial score (nSPS) is 13.5. The van der Waals surface area contributed by atoms with Crippen molar-refractivity contribution in [2.75, 3.05) is 24.5 Å². The van der Waals surface area contributed by atoms with Crippen LogP contribution >= 0.6 is 0 Å². The van der Waals surface area contributed by atoms with Crippen molar-refractivity contribution in [1.82, 2.24) is 15.6 Å². The number of fused-ring (bicyclic) bond motifs is 1. The van der Waals surface area contributed by atoms with E-state index in [1.807, 2.05) is 29.2 Å². The van der Waals surface area contributed by atoms with E-state index in [9.17, 15) is 22.4 Å². The predicted octanol–water partition coefficient (Wildman–Crippen LogP) is 0.704. The van der Waals surface area contributed by atoms with Crippen LogP contribution in [0.2, 0.25) is 0 Å². The van der Waals surface area contributed by atoms with Gasteiger partial charge in [0.25, 0.3) is 11.8 Å². The number of aryl methyl sites for hydroxylation is 1. The van der Waals surface area contributed by atoms with Crippen molar-refractivity contribution in [2.24, 2.45) is 0 Å². The SMILES string of the molecule is O=C(CNS(=O)(=O)c1ccc(F)cc1)NNC(=O)CN1CCCc2ccccc21. The number of sulfonamides is 1. The summed E-state index contributed by atoms with van der Waals surface area (Å²) in [7, 11) is -3.97. The van der Waals surface area contributed by atoms with Gasteiger partial charge in [-0.05, 0) is 48.7 Å². The topological polar surface area (TPSA) is 108 Å². The molecule has 154 valence electrons. The van der Waals surface area contributed by atoms with Gasteiger partial charge in [0.05, 0.1) is 18.0 Å². The smallest absolute Gasteiger partial charge is 0.257 e. The minimum Gasteiger partial charge on any atom is -0.362 e. The molecule has 1 aliphatic heterocycles. The first-order valence-electron chi connectivity index (χ1n) is 9.01. The second-order valence-electron chi connectivity index (χ2n) is 6.53. The molecule has 0 radical (unpaired) electrons. The van der Waals surface area contributed by atoms with Crippen LogP contribution in [-0.2, 0) is 26.0 Å². The van der Waals surface area contributed by atoms with Gasteiger partial charge in [-0.1, -0.05) is 18.2 Å². The molecule has 2 amide bonds. The summed E-state index contributed by atoms with van der Waals surface area (Å²) in [6.45, 7) is 0.223.